The van der Waals surface area contributed by atoms with Gasteiger partial charge in [0.25, 0.3) is 5.91 Å². The van der Waals surface area contributed by atoms with Crippen molar-refractivity contribution in [1.29, 1.82) is 0 Å². The number of aromatic amines is 1. The molecule has 4 aromatic rings. The molecule has 1 unspecified atom stereocenters. The molecule has 3 aliphatic heterocycles. The number of phenolic OH excluding ortho intramolecular Hbond substituents is 1. The van der Waals surface area contributed by atoms with E-state index in [1.54, 1.807) is 31.4 Å². The maximum absolute atomic E-state index is 14.1. The number of phenols is 1. The van der Waals surface area contributed by atoms with Gasteiger partial charge in [0.2, 0.25) is 5.56 Å². The smallest absolute Gasteiger partial charge is 0.316 e. The van der Waals surface area contributed by atoms with Crippen LogP contribution in [0, 0.1) is 5.92 Å². The quantitative estimate of drug-likeness (QED) is 0.0493. The van der Waals surface area contributed by atoms with Gasteiger partial charge in [-0.25, -0.2) is 0 Å². The summed E-state index contributed by atoms with van der Waals surface area (Å²) in [7, 11) is -0.708. The molecule has 1 saturated carbocycles. The van der Waals surface area contributed by atoms with E-state index in [9.17, 15) is 19.5 Å². The van der Waals surface area contributed by atoms with Crippen molar-refractivity contribution in [2.75, 3.05) is 39.8 Å². The third kappa shape index (κ3) is 10.1. The molecule has 4 N–H and O–H groups in total. The minimum absolute atomic E-state index is 0.00307. The highest BCUT2D eigenvalue weighted by molar-refractivity contribution is 6.74. The Balaban J connectivity index is 0.973. The Kier molecular flexibility index (Phi) is 14.2. The second kappa shape index (κ2) is 19.3. The van der Waals surface area contributed by atoms with Gasteiger partial charge in [0.1, 0.15) is 17.6 Å². The van der Waals surface area contributed by atoms with E-state index in [1.165, 1.54) is 6.07 Å². The number of aryl methyl sites for hydroxylation is 1. The number of halogens is 1. The van der Waals surface area contributed by atoms with Gasteiger partial charge in [-0.15, -0.1) is 0 Å². The Hall–Kier alpha value is -4.20. The number of nitrogens with zero attached hydrogens (tertiary/aromatic N) is 1. The normalized spacial score (nSPS) is 20.5. The van der Waals surface area contributed by atoms with Crippen molar-refractivity contribution in [3.05, 3.63) is 104 Å². The Morgan fingerprint density at radius 1 is 1.03 bits per heavy atom. The molecule has 0 radical (unpaired) electrons. The molecule has 11 nitrogen and oxygen atoms in total. The molecule has 334 valence electrons. The van der Waals surface area contributed by atoms with Crippen molar-refractivity contribution in [2.45, 2.75) is 121 Å². The maximum Gasteiger partial charge on any atom is 0.316 e. The lowest BCUT2D eigenvalue weighted by molar-refractivity contribution is -0.167. The van der Waals surface area contributed by atoms with Crippen LogP contribution in [-0.4, -0.2) is 81.1 Å². The molecule has 3 saturated heterocycles. The lowest BCUT2D eigenvalue weighted by Gasteiger charge is -2.45. The summed E-state index contributed by atoms with van der Waals surface area (Å²) in [4.78, 5) is 44.9. The number of aromatic nitrogens is 1. The molecule has 4 fully saturated rings. The summed E-state index contributed by atoms with van der Waals surface area (Å²) in [5.74, 6) is 0.678. The number of esters is 1. The third-order valence-electron chi connectivity index (χ3n) is 14.1. The third-order valence-corrected chi connectivity index (χ3v) is 18.9. The van der Waals surface area contributed by atoms with Crippen LogP contribution in [0.5, 0.6) is 11.5 Å². The number of fused-ring (bicyclic) bond motifs is 4. The lowest BCUT2D eigenvalue weighted by Crippen LogP contribution is -2.53. The molecule has 4 aliphatic rings. The molecule has 0 spiro atoms. The number of piperidine rings is 3. The monoisotopic (exact) mass is 884 g/mol. The molecule has 1 amide bonds. The highest BCUT2D eigenvalue weighted by Crippen LogP contribution is 2.43. The number of hydrogen-bond donors (Lipinski definition) is 4. The molecule has 2 bridgehead atoms. The lowest BCUT2D eigenvalue weighted by atomic mass is 9.69. The van der Waals surface area contributed by atoms with Crippen molar-refractivity contribution in [3.63, 3.8) is 0 Å². The maximum atomic E-state index is 14.1. The number of hydrogen-bond acceptors (Lipinski definition) is 9. The number of ether oxygens (including phenoxy) is 2. The van der Waals surface area contributed by atoms with Crippen LogP contribution in [0.3, 0.4) is 0 Å². The number of pyridine rings is 1. The van der Waals surface area contributed by atoms with Crippen molar-refractivity contribution in [2.24, 2.45) is 5.92 Å². The summed E-state index contributed by atoms with van der Waals surface area (Å²) in [6.07, 6.45) is 8.11. The van der Waals surface area contributed by atoms with Crippen molar-refractivity contribution >= 4 is 42.7 Å². The number of H-pyrrole nitrogens is 1. The van der Waals surface area contributed by atoms with Gasteiger partial charge in [0, 0.05) is 43.2 Å². The SMILES string of the molecule is COc1cc(C(=O)NCCCc2cccc(C3(C(=O)O[C@H]4CN5CCC4CC5)CCCCC3)c2)c(Cl)cc1CNCC(O[Si](C)(C)C(C)(C)C)c1ccc(O)c2[nH]c(=O)ccc12. The van der Waals surface area contributed by atoms with Crippen LogP contribution in [-0.2, 0) is 32.3 Å². The van der Waals surface area contributed by atoms with Gasteiger partial charge < -0.3 is 34.6 Å². The zero-order valence-electron chi connectivity index (χ0n) is 37.3. The van der Waals surface area contributed by atoms with Gasteiger partial charge in [-0.1, -0.05) is 82.0 Å². The van der Waals surface area contributed by atoms with Gasteiger partial charge in [-0.2, -0.15) is 0 Å². The van der Waals surface area contributed by atoms with Crippen molar-refractivity contribution in [1.82, 2.24) is 20.5 Å². The van der Waals surface area contributed by atoms with Crippen LogP contribution in [0.1, 0.15) is 111 Å². The fourth-order valence-corrected chi connectivity index (χ4v) is 10.9. The van der Waals surface area contributed by atoms with Crippen molar-refractivity contribution < 1.29 is 28.6 Å². The van der Waals surface area contributed by atoms with Crippen LogP contribution < -0.4 is 20.9 Å². The number of carbonyl (C=O) groups excluding carboxylic acids is 2. The van der Waals surface area contributed by atoms with Crippen LogP contribution in [0.4, 0.5) is 0 Å². The summed E-state index contributed by atoms with van der Waals surface area (Å²) >= 11 is 6.78. The van der Waals surface area contributed by atoms with E-state index in [2.05, 4.69) is 78.6 Å². The first-order chi connectivity index (χ1) is 29.6. The number of nitrogens with one attached hydrogen (secondary N) is 3. The Morgan fingerprint density at radius 2 is 1.79 bits per heavy atom. The summed E-state index contributed by atoms with van der Waals surface area (Å²) in [6, 6.07) is 18.5. The van der Waals surface area contributed by atoms with Crippen LogP contribution in [0.25, 0.3) is 10.9 Å². The zero-order valence-corrected chi connectivity index (χ0v) is 39.1. The first kappa shape index (κ1) is 45.8. The molecule has 3 aromatic carbocycles. The predicted octanol–water partition coefficient (Wildman–Crippen LogP) is 8.95. The minimum Gasteiger partial charge on any atom is -0.506 e. The zero-order chi connectivity index (χ0) is 44.2. The predicted molar refractivity (Wildman–Crippen MR) is 248 cm³/mol. The van der Waals surface area contributed by atoms with E-state index >= 15 is 0 Å². The van der Waals surface area contributed by atoms with E-state index < -0.39 is 19.8 Å². The minimum atomic E-state index is -2.28. The number of benzene rings is 3. The fraction of sp³-hybridized carbons (Fsp3) is 0.531. The fourth-order valence-electron chi connectivity index (χ4n) is 9.40. The average molecular weight is 886 g/mol. The Labute approximate surface area is 372 Å². The highest BCUT2D eigenvalue weighted by atomic mass is 35.5. The number of amides is 1. The van der Waals surface area contributed by atoms with E-state index in [0.29, 0.717) is 59.2 Å². The average Bonchev–Trinajstić information content (AvgIpc) is 3.25. The highest BCUT2D eigenvalue weighted by Gasteiger charge is 2.46. The summed E-state index contributed by atoms with van der Waals surface area (Å²) < 4.78 is 19.1. The van der Waals surface area contributed by atoms with Gasteiger partial charge in [0.05, 0.1) is 34.7 Å². The second-order valence-corrected chi connectivity index (χ2v) is 24.4. The van der Waals surface area contributed by atoms with Gasteiger partial charge >= 0.3 is 5.97 Å². The van der Waals surface area contributed by atoms with Crippen LogP contribution in [0.2, 0.25) is 23.2 Å². The summed E-state index contributed by atoms with van der Waals surface area (Å²) in [6.45, 7) is 15.3. The van der Waals surface area contributed by atoms with Gasteiger partial charge in [0.15, 0.2) is 8.32 Å². The standard InChI is InChI=1S/C49H65ClN4O7Si/c1-48(2,3)62(5,6)61-42(36-15-17-40(55)45-37(36)16-18-44(56)53-45)30-51-29-34-27-39(50)38(28-41(34)59-4)46(57)52-23-11-13-32-12-10-14-35(26-32)49(21-8-7-9-22-49)47(58)60-43-31-54-24-19-33(43)20-25-54/h10,12,14-18,26-28,33,42-43,51,55H,7-9,11,13,19-25,29-31H2,1-6H3,(H,52,57)(H,53,56)/t42?,43-/m0/s1. The second-order valence-electron chi connectivity index (χ2n) is 19.2. The van der Waals surface area contributed by atoms with E-state index in [-0.39, 0.29) is 34.3 Å². The van der Waals surface area contributed by atoms with Crippen LogP contribution >= 0.6 is 11.6 Å². The number of methoxy groups -OCH3 is 1. The Bertz CT molecular complexity index is 2290. The number of rotatable bonds is 16. The molecule has 2 atom stereocenters. The summed E-state index contributed by atoms with van der Waals surface area (Å²) in [5.41, 5.74) is 3.64. The molecule has 8 rings (SSSR count). The first-order valence-corrected chi connectivity index (χ1v) is 25.8. The number of aromatic hydroxyl groups is 1. The molecule has 1 aromatic heterocycles. The number of carbonyl (C=O) groups is 2. The molecular formula is C49H65ClN4O7Si. The molecule has 4 heterocycles. The molecule has 13 heteroatoms. The summed E-state index contributed by atoms with van der Waals surface area (Å²) in [5, 5.41) is 18.1. The first-order valence-electron chi connectivity index (χ1n) is 22.5. The van der Waals surface area contributed by atoms with Crippen molar-refractivity contribution in [3.8, 4) is 11.5 Å². The molecule has 62 heavy (non-hydrogen) atoms. The molecule has 1 aliphatic carbocycles. The van der Waals surface area contributed by atoms with Gasteiger partial charge in [-0.3, -0.25) is 19.3 Å². The molecular weight excluding hydrogens is 820 g/mol. The topological polar surface area (TPSA) is 142 Å². The van der Waals surface area contributed by atoms with E-state index in [0.717, 1.165) is 93.3 Å². The Morgan fingerprint density at radius 3 is 2.48 bits per heavy atom. The van der Waals surface area contributed by atoms with Crippen LogP contribution in [0.15, 0.2) is 65.5 Å². The van der Waals surface area contributed by atoms with Gasteiger partial charge in [-0.05, 0) is 117 Å². The largest absolute Gasteiger partial charge is 0.506 e. The van der Waals surface area contributed by atoms with E-state index in [1.807, 2.05) is 6.07 Å². The van der Waals surface area contributed by atoms with E-state index in [4.69, 9.17) is 25.5 Å².